The molecule has 1 amide bonds. The normalized spacial score (nSPS) is 9.74. The van der Waals surface area contributed by atoms with E-state index in [0.717, 1.165) is 5.69 Å². The molecule has 0 bridgehead atoms. The number of nitrogens with one attached hydrogen (secondary N) is 1. The van der Waals surface area contributed by atoms with Gasteiger partial charge in [-0.3, -0.25) is 14.5 Å². The molecular weight excluding hydrogens is 266 g/mol. The number of hydrogen-bond acceptors (Lipinski definition) is 4. The Bertz CT molecular complexity index is 537. The van der Waals surface area contributed by atoms with Crippen molar-refractivity contribution in [1.82, 2.24) is 20.1 Å². The first-order chi connectivity index (χ1) is 8.65. The zero-order valence-corrected chi connectivity index (χ0v) is 11.4. The van der Waals surface area contributed by atoms with Gasteiger partial charge >= 0.3 is 0 Å². The lowest BCUT2D eigenvalue weighted by Crippen LogP contribution is -2.26. The summed E-state index contributed by atoms with van der Waals surface area (Å²) in [5.41, 5.74) is 7.77. The first-order valence-electron chi connectivity index (χ1n) is 5.59. The molecule has 2 aromatic heterocycles. The monoisotopic (exact) mass is 281 g/mol. The molecule has 3 N–H and O–H groups in total. The second-order valence-electron chi connectivity index (χ2n) is 3.98. The average molecular weight is 282 g/mol. The predicted octanol–water partition coefficient (Wildman–Crippen LogP) is 0.678. The van der Waals surface area contributed by atoms with E-state index >= 15 is 0 Å². The lowest BCUT2D eigenvalue weighted by atomic mass is 10.2. The van der Waals surface area contributed by atoms with Crippen LogP contribution in [0.5, 0.6) is 0 Å². The van der Waals surface area contributed by atoms with Crippen molar-refractivity contribution in [2.45, 2.75) is 13.0 Å². The van der Waals surface area contributed by atoms with Crippen LogP contribution in [0.3, 0.4) is 0 Å². The van der Waals surface area contributed by atoms with Gasteiger partial charge in [-0.2, -0.15) is 5.10 Å². The molecule has 2 rings (SSSR count). The van der Waals surface area contributed by atoms with E-state index in [4.69, 9.17) is 5.73 Å². The van der Waals surface area contributed by atoms with Crippen LogP contribution in [0.15, 0.2) is 30.6 Å². The van der Waals surface area contributed by atoms with Gasteiger partial charge in [0, 0.05) is 18.9 Å². The summed E-state index contributed by atoms with van der Waals surface area (Å²) in [7, 11) is 1.84. The summed E-state index contributed by atoms with van der Waals surface area (Å²) in [6, 6.07) is 5.34. The highest BCUT2D eigenvalue weighted by molar-refractivity contribution is 5.85. The first kappa shape index (κ1) is 15.0. The molecule has 0 aliphatic rings. The molecule has 0 saturated heterocycles. The van der Waals surface area contributed by atoms with E-state index in [9.17, 15) is 4.79 Å². The first-order valence-corrected chi connectivity index (χ1v) is 5.59. The Kier molecular flexibility index (Phi) is 5.32. The highest BCUT2D eigenvalue weighted by Gasteiger charge is 2.05. The average Bonchev–Trinajstić information content (AvgIpc) is 2.75. The standard InChI is InChI=1S/C12H15N5O.ClH/c1-17-11(4-5-16-17)8-15-12(18)6-10-3-2-9(13)7-14-10;/h2-5,7H,6,8,13H2,1H3,(H,15,18);1H. The summed E-state index contributed by atoms with van der Waals surface area (Å²) in [4.78, 5) is 15.8. The molecule has 0 fully saturated rings. The lowest BCUT2D eigenvalue weighted by molar-refractivity contribution is -0.120. The molecule has 0 unspecified atom stereocenters. The van der Waals surface area contributed by atoms with Gasteiger partial charge in [-0.1, -0.05) is 0 Å². The third-order valence-corrected chi connectivity index (χ3v) is 2.58. The van der Waals surface area contributed by atoms with E-state index in [1.807, 2.05) is 13.1 Å². The van der Waals surface area contributed by atoms with Crippen LogP contribution in [-0.2, 0) is 24.8 Å². The van der Waals surface area contributed by atoms with E-state index in [1.54, 1.807) is 29.2 Å². The van der Waals surface area contributed by atoms with Gasteiger partial charge in [-0.25, -0.2) is 0 Å². The summed E-state index contributed by atoms with van der Waals surface area (Å²) < 4.78 is 1.72. The maximum absolute atomic E-state index is 11.7. The van der Waals surface area contributed by atoms with E-state index in [1.165, 1.54) is 0 Å². The fourth-order valence-corrected chi connectivity index (χ4v) is 1.53. The van der Waals surface area contributed by atoms with Crippen molar-refractivity contribution < 1.29 is 4.79 Å². The minimum Gasteiger partial charge on any atom is -0.397 e. The Balaban J connectivity index is 0.00000180. The highest BCUT2D eigenvalue weighted by Crippen LogP contribution is 2.02. The molecule has 0 aliphatic heterocycles. The van der Waals surface area contributed by atoms with Crippen molar-refractivity contribution >= 4 is 24.0 Å². The van der Waals surface area contributed by atoms with Crippen LogP contribution in [0.1, 0.15) is 11.4 Å². The number of carbonyl (C=O) groups excluding carboxylic acids is 1. The number of carbonyl (C=O) groups is 1. The number of anilines is 1. The third-order valence-electron chi connectivity index (χ3n) is 2.58. The molecule has 0 spiro atoms. The minimum atomic E-state index is -0.0755. The van der Waals surface area contributed by atoms with Gasteiger partial charge in [0.1, 0.15) is 0 Å². The minimum absolute atomic E-state index is 0. The van der Waals surface area contributed by atoms with E-state index < -0.39 is 0 Å². The van der Waals surface area contributed by atoms with Crippen LogP contribution < -0.4 is 11.1 Å². The number of nitrogens with zero attached hydrogens (tertiary/aromatic N) is 3. The van der Waals surface area contributed by atoms with Gasteiger partial charge in [0.05, 0.1) is 30.5 Å². The van der Waals surface area contributed by atoms with Gasteiger partial charge in [-0.05, 0) is 18.2 Å². The summed E-state index contributed by atoms with van der Waals surface area (Å²) in [5.74, 6) is -0.0755. The maximum Gasteiger partial charge on any atom is 0.226 e. The molecule has 7 heteroatoms. The van der Waals surface area contributed by atoms with Gasteiger partial charge in [0.2, 0.25) is 5.91 Å². The Morgan fingerprint density at radius 2 is 2.21 bits per heavy atom. The molecule has 19 heavy (non-hydrogen) atoms. The van der Waals surface area contributed by atoms with E-state index in [0.29, 0.717) is 17.9 Å². The van der Waals surface area contributed by atoms with Crippen LogP contribution in [0.4, 0.5) is 5.69 Å². The number of halogens is 1. The Labute approximate surface area is 117 Å². The molecule has 0 aromatic carbocycles. The van der Waals surface area contributed by atoms with Gasteiger partial charge < -0.3 is 11.1 Å². The zero-order chi connectivity index (χ0) is 13.0. The van der Waals surface area contributed by atoms with Crippen LogP contribution in [0, 0.1) is 0 Å². The zero-order valence-electron chi connectivity index (χ0n) is 10.5. The van der Waals surface area contributed by atoms with Crippen LogP contribution >= 0.6 is 12.4 Å². The Morgan fingerprint density at radius 3 is 2.79 bits per heavy atom. The molecule has 2 aromatic rings. The second kappa shape index (κ2) is 6.75. The van der Waals surface area contributed by atoms with Crippen molar-refractivity contribution in [2.75, 3.05) is 5.73 Å². The summed E-state index contributed by atoms with van der Waals surface area (Å²) in [6.45, 7) is 0.463. The molecule has 0 radical (unpaired) electrons. The molecule has 6 nitrogen and oxygen atoms in total. The molecule has 102 valence electrons. The number of aryl methyl sites for hydroxylation is 1. The van der Waals surface area contributed by atoms with Crippen molar-refractivity contribution in [3.05, 3.63) is 42.0 Å². The van der Waals surface area contributed by atoms with Crippen LogP contribution in [0.25, 0.3) is 0 Å². The number of pyridine rings is 1. The number of nitrogens with two attached hydrogens (primary N) is 1. The molecule has 0 saturated carbocycles. The molecule has 0 aliphatic carbocycles. The highest BCUT2D eigenvalue weighted by atomic mass is 35.5. The Hall–Kier alpha value is -2.08. The number of amides is 1. The fraction of sp³-hybridized carbons (Fsp3) is 0.250. The maximum atomic E-state index is 11.7. The van der Waals surface area contributed by atoms with Gasteiger partial charge in [0.25, 0.3) is 0 Å². The van der Waals surface area contributed by atoms with Gasteiger partial charge in [0.15, 0.2) is 0 Å². The number of nitrogen functional groups attached to an aromatic ring is 1. The number of aromatic nitrogens is 3. The number of rotatable bonds is 4. The summed E-state index contributed by atoms with van der Waals surface area (Å²) in [5, 5.41) is 6.85. The van der Waals surface area contributed by atoms with Gasteiger partial charge in [-0.15, -0.1) is 12.4 Å². The predicted molar refractivity (Wildman–Crippen MR) is 74.7 cm³/mol. The van der Waals surface area contributed by atoms with Crippen molar-refractivity contribution in [3.8, 4) is 0 Å². The SMILES string of the molecule is Cl.Cn1nccc1CNC(=O)Cc1ccc(N)cn1. The lowest BCUT2D eigenvalue weighted by Gasteiger charge is -2.05. The molecule has 0 atom stereocenters. The molecular formula is C12H16ClN5O. The quantitative estimate of drug-likeness (QED) is 0.863. The van der Waals surface area contributed by atoms with Crippen molar-refractivity contribution in [3.63, 3.8) is 0 Å². The smallest absolute Gasteiger partial charge is 0.226 e. The van der Waals surface area contributed by atoms with E-state index in [2.05, 4.69) is 15.4 Å². The molecule has 2 heterocycles. The third kappa shape index (κ3) is 4.26. The summed E-state index contributed by atoms with van der Waals surface area (Å²) >= 11 is 0. The van der Waals surface area contributed by atoms with Crippen LogP contribution in [-0.4, -0.2) is 20.7 Å². The summed E-state index contributed by atoms with van der Waals surface area (Å²) in [6.07, 6.45) is 3.49. The topological polar surface area (TPSA) is 85.8 Å². The Morgan fingerprint density at radius 1 is 1.42 bits per heavy atom. The number of hydrogen-bond donors (Lipinski definition) is 2. The fourth-order valence-electron chi connectivity index (χ4n) is 1.53. The largest absolute Gasteiger partial charge is 0.397 e. The van der Waals surface area contributed by atoms with Crippen LogP contribution in [0.2, 0.25) is 0 Å². The second-order valence-corrected chi connectivity index (χ2v) is 3.98. The van der Waals surface area contributed by atoms with Crippen molar-refractivity contribution in [2.24, 2.45) is 7.05 Å². The van der Waals surface area contributed by atoms with E-state index in [-0.39, 0.29) is 24.7 Å². The van der Waals surface area contributed by atoms with Crippen molar-refractivity contribution in [1.29, 1.82) is 0 Å².